The van der Waals surface area contributed by atoms with Gasteiger partial charge in [0.15, 0.2) is 16.1 Å². The summed E-state index contributed by atoms with van der Waals surface area (Å²) in [4.78, 5) is 0. The second-order valence-corrected chi connectivity index (χ2v) is 26.0. The van der Waals surface area contributed by atoms with Crippen molar-refractivity contribution < 1.29 is 0 Å². The number of para-hydroxylation sites is 3. The minimum Gasteiger partial charge on any atom is -0.309 e. The van der Waals surface area contributed by atoms with Crippen molar-refractivity contribution in [3.63, 3.8) is 0 Å². The van der Waals surface area contributed by atoms with Crippen molar-refractivity contribution in [2.24, 2.45) is 0 Å². The summed E-state index contributed by atoms with van der Waals surface area (Å²) < 4.78 is 5.04. The average molecular weight is 925 g/mol. The third-order valence-corrected chi connectivity index (χ3v) is 24.3. The van der Waals surface area contributed by atoms with Gasteiger partial charge in [-0.05, 0) is 90.0 Å². The van der Waals surface area contributed by atoms with Crippen molar-refractivity contribution in [1.82, 2.24) is 9.13 Å². The van der Waals surface area contributed by atoms with E-state index >= 15 is 0 Å². The van der Waals surface area contributed by atoms with Crippen molar-refractivity contribution in [3.05, 3.63) is 291 Å². The van der Waals surface area contributed by atoms with Gasteiger partial charge in [-0.2, -0.15) is 0 Å². The molecule has 13 rings (SSSR count). The van der Waals surface area contributed by atoms with Crippen LogP contribution in [0.2, 0.25) is 0 Å². The summed E-state index contributed by atoms with van der Waals surface area (Å²) in [5, 5.41) is 15.7. The lowest BCUT2D eigenvalue weighted by Crippen LogP contribution is -2.78. The van der Waals surface area contributed by atoms with E-state index in [1.165, 1.54) is 85.1 Å². The Morgan fingerprint density at radius 2 is 0.471 bits per heavy atom. The van der Waals surface area contributed by atoms with Crippen LogP contribution in [-0.2, 0) is 0 Å². The Hall–Kier alpha value is -8.55. The first-order valence-corrected chi connectivity index (χ1v) is 28.3. The molecule has 330 valence electrons. The lowest BCUT2D eigenvalue weighted by Gasteiger charge is -2.38. The number of benzene rings is 11. The van der Waals surface area contributed by atoms with Gasteiger partial charge >= 0.3 is 0 Å². The Morgan fingerprint density at radius 1 is 0.186 bits per heavy atom. The Balaban J connectivity index is 1.24. The topological polar surface area (TPSA) is 9.86 Å². The van der Waals surface area contributed by atoms with Crippen molar-refractivity contribution in [3.8, 4) is 11.4 Å². The minimum absolute atomic E-state index is 1.15. The normalized spacial score (nSPS) is 12.0. The molecule has 0 saturated heterocycles. The quantitative estimate of drug-likeness (QED) is 0.0956. The Labute approximate surface area is 410 Å². The van der Waals surface area contributed by atoms with Crippen molar-refractivity contribution in [2.45, 2.75) is 0 Å². The molecule has 0 spiro atoms. The molecule has 2 heterocycles. The summed E-state index contributed by atoms with van der Waals surface area (Å²) in [7, 11) is -6.21. The predicted molar refractivity (Wildman–Crippen MR) is 302 cm³/mol. The largest absolute Gasteiger partial charge is 0.309 e. The van der Waals surface area contributed by atoms with E-state index in [1.807, 2.05) is 0 Å². The van der Waals surface area contributed by atoms with Gasteiger partial charge in [-0.1, -0.05) is 243 Å². The zero-order valence-electron chi connectivity index (χ0n) is 38.6. The number of nitrogens with zero attached hydrogens (tertiary/aromatic N) is 2. The van der Waals surface area contributed by atoms with E-state index < -0.39 is 16.1 Å². The van der Waals surface area contributed by atoms with Gasteiger partial charge in [-0.15, -0.1) is 0 Å². The molecule has 0 amide bonds. The first kappa shape index (κ1) is 41.6. The fourth-order valence-electron chi connectivity index (χ4n) is 11.9. The molecule has 0 aliphatic rings. The highest BCUT2D eigenvalue weighted by atomic mass is 28.3. The standard InChI is InChI=1S/C66H48N2Si2/c1-8-26-49(27-9-1)67-63-42-24-22-40-59(63)61-47-62-60-41-23-25-43-64(60)68(66(62)48-65(61)67)50-44-57(69(51-28-10-2-11-29-51,52-30-12-3-13-31-52)53-32-14-4-15-33-53)46-58(45-50)70(54-34-16-5-17-35-54,55-36-18-6-19-37-55)56-38-20-7-21-39-56/h1-48H. The van der Waals surface area contributed by atoms with E-state index in [0.29, 0.717) is 0 Å². The summed E-state index contributed by atoms with van der Waals surface area (Å²) in [5.41, 5.74) is 7.04. The molecule has 0 N–H and O–H groups in total. The summed E-state index contributed by atoms with van der Waals surface area (Å²) in [6.45, 7) is 0. The average Bonchev–Trinajstić information content (AvgIpc) is 3.94. The molecule has 11 aromatic carbocycles. The van der Waals surface area contributed by atoms with Crippen LogP contribution in [0.1, 0.15) is 0 Å². The Bertz CT molecular complexity index is 3630. The second-order valence-electron chi connectivity index (χ2n) is 18.4. The number of hydrogen-bond acceptors (Lipinski definition) is 0. The van der Waals surface area contributed by atoms with Gasteiger partial charge in [-0.3, -0.25) is 0 Å². The van der Waals surface area contributed by atoms with Gasteiger partial charge < -0.3 is 9.13 Å². The van der Waals surface area contributed by atoms with Crippen LogP contribution in [0.5, 0.6) is 0 Å². The van der Waals surface area contributed by atoms with E-state index in [-0.39, 0.29) is 0 Å². The molecule has 4 heteroatoms. The Morgan fingerprint density at radius 3 is 0.814 bits per heavy atom. The lowest BCUT2D eigenvalue weighted by molar-refractivity contribution is 1.17. The van der Waals surface area contributed by atoms with Crippen molar-refractivity contribution >= 4 is 101 Å². The zero-order valence-corrected chi connectivity index (χ0v) is 40.6. The molecular weight excluding hydrogens is 877 g/mol. The second kappa shape index (κ2) is 17.2. The molecule has 0 aliphatic carbocycles. The molecule has 0 bridgehead atoms. The molecule has 2 aromatic heterocycles. The first-order valence-electron chi connectivity index (χ1n) is 24.3. The SMILES string of the molecule is c1ccc(-n2c3ccccc3c3cc4c5ccccc5n(-c5cc([Si](c6ccccc6)(c6ccccc6)c6ccccc6)cc([Si](c6ccccc6)(c6ccccc6)c6ccccc6)c5)c4cc32)cc1. The molecule has 0 aliphatic heterocycles. The third kappa shape index (κ3) is 6.45. The van der Waals surface area contributed by atoms with Crippen LogP contribution in [0.25, 0.3) is 55.0 Å². The maximum absolute atomic E-state index is 3.11. The van der Waals surface area contributed by atoms with E-state index in [4.69, 9.17) is 0 Å². The maximum atomic E-state index is 2.65. The minimum atomic E-state index is -3.11. The lowest BCUT2D eigenvalue weighted by atomic mass is 10.1. The highest BCUT2D eigenvalue weighted by Crippen LogP contribution is 2.39. The van der Waals surface area contributed by atoms with Gasteiger partial charge in [0, 0.05) is 32.9 Å². The summed E-state index contributed by atoms with van der Waals surface area (Å²) in [6.07, 6.45) is 0. The van der Waals surface area contributed by atoms with Gasteiger partial charge in [-0.25, -0.2) is 0 Å². The molecule has 0 saturated carbocycles. The van der Waals surface area contributed by atoms with Crippen LogP contribution in [0, 0.1) is 0 Å². The summed E-state index contributed by atoms with van der Waals surface area (Å²) in [6, 6.07) is 110. The molecule has 70 heavy (non-hydrogen) atoms. The first-order chi connectivity index (χ1) is 34.7. The smallest absolute Gasteiger partial charge is 0.179 e. The fourth-order valence-corrected chi connectivity index (χ4v) is 21.6. The summed E-state index contributed by atoms with van der Waals surface area (Å²) in [5.74, 6) is 0. The third-order valence-electron chi connectivity index (χ3n) is 14.8. The van der Waals surface area contributed by atoms with Crippen molar-refractivity contribution in [2.75, 3.05) is 0 Å². The van der Waals surface area contributed by atoms with Crippen LogP contribution in [0.3, 0.4) is 0 Å². The van der Waals surface area contributed by atoms with Crippen LogP contribution < -0.4 is 41.5 Å². The number of fused-ring (bicyclic) bond motifs is 6. The van der Waals surface area contributed by atoms with E-state index in [1.54, 1.807) is 0 Å². The predicted octanol–water partition coefficient (Wildman–Crippen LogP) is 10.6. The fraction of sp³-hybridized carbons (Fsp3) is 0. The number of rotatable bonds is 10. The van der Waals surface area contributed by atoms with Gasteiger partial charge in [0.2, 0.25) is 0 Å². The van der Waals surface area contributed by atoms with E-state index in [2.05, 4.69) is 300 Å². The molecular formula is C66H48N2Si2. The van der Waals surface area contributed by atoms with Crippen LogP contribution in [0.4, 0.5) is 0 Å². The molecule has 0 radical (unpaired) electrons. The highest BCUT2D eigenvalue weighted by molar-refractivity contribution is 7.22. The zero-order chi connectivity index (χ0) is 46.5. The Kier molecular flexibility index (Phi) is 10.2. The molecule has 0 unspecified atom stereocenters. The van der Waals surface area contributed by atoms with E-state index in [9.17, 15) is 0 Å². The molecule has 13 aromatic rings. The van der Waals surface area contributed by atoms with Crippen molar-refractivity contribution in [1.29, 1.82) is 0 Å². The van der Waals surface area contributed by atoms with Gasteiger partial charge in [0.25, 0.3) is 0 Å². The maximum Gasteiger partial charge on any atom is 0.179 e. The van der Waals surface area contributed by atoms with Gasteiger partial charge in [0.05, 0.1) is 22.1 Å². The monoisotopic (exact) mass is 924 g/mol. The van der Waals surface area contributed by atoms with Crippen LogP contribution in [-0.4, -0.2) is 25.3 Å². The molecule has 0 atom stereocenters. The van der Waals surface area contributed by atoms with Gasteiger partial charge in [0.1, 0.15) is 0 Å². The van der Waals surface area contributed by atoms with Crippen LogP contribution >= 0.6 is 0 Å². The molecule has 0 fully saturated rings. The highest BCUT2D eigenvalue weighted by Gasteiger charge is 2.46. The van der Waals surface area contributed by atoms with Crippen LogP contribution in [0.15, 0.2) is 291 Å². The molecule has 2 nitrogen and oxygen atoms in total. The van der Waals surface area contributed by atoms with E-state index in [0.717, 1.165) is 11.4 Å². The summed E-state index contributed by atoms with van der Waals surface area (Å²) >= 11 is 0. The number of aromatic nitrogens is 2. The number of hydrogen-bond donors (Lipinski definition) is 0.